The molecule has 0 saturated carbocycles. The van der Waals surface area contributed by atoms with Gasteiger partial charge in [-0.15, -0.1) is 13.8 Å². The topological polar surface area (TPSA) is 0 Å². The van der Waals surface area contributed by atoms with Gasteiger partial charge in [0.2, 0.25) is 0 Å². The molecule has 0 bridgehead atoms. The van der Waals surface area contributed by atoms with E-state index in [0.717, 1.165) is 0 Å². The summed E-state index contributed by atoms with van der Waals surface area (Å²) in [6.45, 7) is 16.9. The Labute approximate surface area is 162 Å². The smallest absolute Gasteiger partial charge is 1.00 e. The minimum Gasteiger partial charge on any atom is -1.00 e. The van der Waals surface area contributed by atoms with Crippen LogP contribution in [0.25, 0.3) is 0 Å². The summed E-state index contributed by atoms with van der Waals surface area (Å²) in [5.41, 5.74) is 5.41. The normalized spacial score (nSPS) is 21.4. The van der Waals surface area contributed by atoms with Gasteiger partial charge in [0.15, 0.2) is 0 Å². The molecule has 0 nitrogen and oxygen atoms in total. The molecular weight excluding hydrogens is 347 g/mol. The zero-order valence-corrected chi connectivity index (χ0v) is 18.1. The van der Waals surface area contributed by atoms with Crippen LogP contribution in [0.15, 0.2) is 34.4 Å². The third-order valence-corrected chi connectivity index (χ3v) is 3.07. The maximum atomic E-state index is 3.29. The van der Waals surface area contributed by atoms with Crippen LogP contribution in [0.1, 0.15) is 55.4 Å². The molecule has 0 aromatic rings. The molecule has 0 saturated heterocycles. The molecule has 2 aliphatic rings. The van der Waals surface area contributed by atoms with E-state index in [0.29, 0.717) is 11.8 Å². The van der Waals surface area contributed by atoms with Gasteiger partial charge in [0.25, 0.3) is 0 Å². The molecule has 0 N–H and O–H groups in total. The van der Waals surface area contributed by atoms with Crippen LogP contribution in [0, 0.1) is 24.0 Å². The van der Waals surface area contributed by atoms with Crippen molar-refractivity contribution in [2.75, 3.05) is 0 Å². The fraction of sp³-hybridized carbons (Fsp3) is 0.526. The summed E-state index contributed by atoms with van der Waals surface area (Å²) >= 11 is 2.08. The van der Waals surface area contributed by atoms with Crippen molar-refractivity contribution in [3.8, 4) is 0 Å². The molecule has 0 fully saturated rings. The molecule has 2 atom stereocenters. The Bertz CT molecular complexity index is 390. The van der Waals surface area contributed by atoms with Gasteiger partial charge >= 0.3 is 37.6 Å². The van der Waals surface area contributed by atoms with E-state index >= 15 is 0 Å². The van der Waals surface area contributed by atoms with E-state index in [1.54, 1.807) is 0 Å². The van der Waals surface area contributed by atoms with E-state index in [4.69, 9.17) is 0 Å². The molecule has 0 radical (unpaired) electrons. The van der Waals surface area contributed by atoms with Crippen LogP contribution in [-0.4, -0.2) is 3.81 Å². The first-order chi connectivity index (χ1) is 9.13. The molecule has 0 spiro atoms. The van der Waals surface area contributed by atoms with E-state index in [2.05, 4.69) is 99.7 Å². The molecule has 0 aromatic heterocycles. The van der Waals surface area contributed by atoms with Crippen molar-refractivity contribution >= 4 is 3.81 Å². The average Bonchev–Trinajstić information content (AvgIpc) is 2.70. The standard InChI is InChI=1S/2C8H11.C3H6.2ClH.Ti/c2*1-6-4-7(2)8(3)5-6;1-3-2;;;/h2*4,6H,1-3H3;1-2H3;2*1H;/q2*-1;;;;+2/p-2. The van der Waals surface area contributed by atoms with Gasteiger partial charge in [-0.3, -0.25) is 12.2 Å². The number of allylic oxidation sites excluding steroid dienone is 8. The average molecular weight is 375 g/mol. The second-order valence-corrected chi connectivity index (χ2v) is 7.38. The summed E-state index contributed by atoms with van der Waals surface area (Å²) in [6.07, 6.45) is 11.0. The van der Waals surface area contributed by atoms with Gasteiger partial charge in [-0.2, -0.15) is 12.2 Å². The van der Waals surface area contributed by atoms with Crippen LogP contribution in [-0.2, 0) is 20.0 Å². The summed E-state index contributed by atoms with van der Waals surface area (Å²) in [4.78, 5) is 0. The van der Waals surface area contributed by atoms with Gasteiger partial charge in [-0.05, 0) is 0 Å². The van der Waals surface area contributed by atoms with Crippen molar-refractivity contribution in [2.45, 2.75) is 55.4 Å². The van der Waals surface area contributed by atoms with Gasteiger partial charge in [0.1, 0.15) is 0 Å². The van der Waals surface area contributed by atoms with Crippen molar-refractivity contribution in [1.29, 1.82) is 0 Å². The van der Waals surface area contributed by atoms with Crippen LogP contribution in [0.4, 0.5) is 0 Å². The quantitative estimate of drug-likeness (QED) is 0.393. The summed E-state index contributed by atoms with van der Waals surface area (Å²) in [5.74, 6) is 1.10. The van der Waals surface area contributed by atoms with Crippen molar-refractivity contribution < 1.29 is 44.8 Å². The molecule has 0 heterocycles. The Hall–Kier alpha value is 0.124. The van der Waals surface area contributed by atoms with Crippen LogP contribution >= 0.6 is 0 Å². The van der Waals surface area contributed by atoms with Gasteiger partial charge in [-0.25, -0.2) is 22.3 Å². The predicted molar refractivity (Wildman–Crippen MR) is 87.1 cm³/mol. The van der Waals surface area contributed by atoms with Crippen LogP contribution in [0.3, 0.4) is 0 Å². The summed E-state index contributed by atoms with van der Waals surface area (Å²) < 4.78 is 1.42. The Morgan fingerprint density at radius 1 is 0.818 bits per heavy atom. The molecule has 0 aromatic carbocycles. The minimum absolute atomic E-state index is 0. The fourth-order valence-electron chi connectivity index (χ4n) is 1.99. The van der Waals surface area contributed by atoms with Crippen molar-refractivity contribution in [3.63, 3.8) is 0 Å². The minimum atomic E-state index is 0. The third kappa shape index (κ3) is 12.6. The maximum Gasteiger partial charge on any atom is -1.00 e. The van der Waals surface area contributed by atoms with Crippen molar-refractivity contribution in [1.82, 2.24) is 0 Å². The zero-order valence-electron chi connectivity index (χ0n) is 15.1. The Kier molecular flexibility index (Phi) is 16.6. The molecule has 2 unspecified atom stereocenters. The predicted octanol–water partition coefficient (Wildman–Crippen LogP) is -0.583. The summed E-state index contributed by atoms with van der Waals surface area (Å²) in [6, 6.07) is 0. The Morgan fingerprint density at radius 2 is 1.05 bits per heavy atom. The number of hydrogen-bond acceptors (Lipinski definition) is 0. The van der Waals surface area contributed by atoms with E-state index in [1.807, 2.05) is 0 Å². The zero-order chi connectivity index (χ0) is 15.9. The van der Waals surface area contributed by atoms with E-state index < -0.39 is 0 Å². The fourth-order valence-corrected chi connectivity index (χ4v) is 1.99. The number of rotatable bonds is 0. The number of hydrogen-bond donors (Lipinski definition) is 0. The second-order valence-electron chi connectivity index (χ2n) is 5.82. The van der Waals surface area contributed by atoms with Crippen molar-refractivity contribution in [2.24, 2.45) is 11.8 Å². The van der Waals surface area contributed by atoms with Gasteiger partial charge in [0, 0.05) is 0 Å². The first-order valence-corrected chi connectivity index (χ1v) is 8.01. The molecule has 22 heavy (non-hydrogen) atoms. The molecular formula is C19H28Cl2Ti-2. The molecule has 0 aliphatic heterocycles. The third-order valence-electron chi connectivity index (χ3n) is 3.07. The largest absolute Gasteiger partial charge is 1.00 e. The molecule has 0 amide bonds. The van der Waals surface area contributed by atoms with Gasteiger partial charge in [0.05, 0.1) is 0 Å². The SMILES string of the molecule is CC1=[C-]C(C)C=C1C.CC1=[C-]C(C)C=C1C.C[C](C)=[Ti+2].[Cl-].[Cl-]. The first kappa shape index (κ1) is 27.0. The van der Waals surface area contributed by atoms with E-state index in [9.17, 15) is 0 Å². The molecule has 2 aliphatic carbocycles. The second kappa shape index (κ2) is 13.6. The van der Waals surface area contributed by atoms with Crippen LogP contribution in [0.5, 0.6) is 0 Å². The first-order valence-electron chi connectivity index (χ1n) is 7.23. The molecule has 3 heteroatoms. The van der Waals surface area contributed by atoms with E-state index in [1.165, 1.54) is 26.1 Å². The van der Waals surface area contributed by atoms with Gasteiger partial charge in [-0.1, -0.05) is 39.5 Å². The van der Waals surface area contributed by atoms with Crippen molar-refractivity contribution in [3.05, 3.63) is 46.6 Å². The monoisotopic (exact) mass is 374 g/mol. The summed E-state index contributed by atoms with van der Waals surface area (Å²) in [5, 5.41) is 0. The molecule has 124 valence electrons. The summed E-state index contributed by atoms with van der Waals surface area (Å²) in [7, 11) is 0. The van der Waals surface area contributed by atoms with E-state index in [-0.39, 0.29) is 24.8 Å². The Balaban J connectivity index is -0.000000249. The van der Waals surface area contributed by atoms with Gasteiger partial charge < -0.3 is 24.8 Å². The maximum absolute atomic E-state index is 3.29. The molecule has 2 rings (SSSR count). The van der Waals surface area contributed by atoms with Crippen LogP contribution < -0.4 is 24.8 Å². The van der Waals surface area contributed by atoms with Crippen LogP contribution in [0.2, 0.25) is 0 Å². The Morgan fingerprint density at radius 3 is 1.09 bits per heavy atom. The number of halogens is 2.